The van der Waals surface area contributed by atoms with Gasteiger partial charge in [-0.25, -0.2) is 0 Å². The van der Waals surface area contributed by atoms with Crippen molar-refractivity contribution in [2.45, 2.75) is 38.6 Å². The zero-order valence-corrected chi connectivity index (χ0v) is 9.68. The van der Waals surface area contributed by atoms with E-state index in [-0.39, 0.29) is 24.0 Å². The molecule has 0 aromatic heterocycles. The number of aliphatic hydroxyl groups is 1. The molecule has 1 amide bonds. The van der Waals surface area contributed by atoms with Gasteiger partial charge in [0, 0.05) is 18.7 Å². The third kappa shape index (κ3) is 3.47. The number of nitrogens with one attached hydrogen (secondary N) is 2. The Kier molecular flexibility index (Phi) is 4.54. The van der Waals surface area contributed by atoms with Crippen molar-refractivity contribution in [2.75, 3.05) is 19.7 Å². The van der Waals surface area contributed by atoms with Gasteiger partial charge in [0.05, 0.1) is 5.92 Å². The lowest BCUT2D eigenvalue weighted by atomic mass is 9.93. The predicted octanol–water partition coefficient (Wildman–Crippen LogP) is 0.263. The summed E-state index contributed by atoms with van der Waals surface area (Å²) in [6.07, 6.45) is 2.39. The van der Waals surface area contributed by atoms with Crippen molar-refractivity contribution < 1.29 is 9.90 Å². The average Bonchev–Trinajstić information content (AvgIpc) is 2.71. The summed E-state index contributed by atoms with van der Waals surface area (Å²) in [5.41, 5.74) is -0.256. The Morgan fingerprint density at radius 2 is 2.40 bits per heavy atom. The molecule has 2 unspecified atom stereocenters. The third-order valence-electron chi connectivity index (χ3n) is 3.30. The van der Waals surface area contributed by atoms with Crippen LogP contribution in [0.3, 0.4) is 0 Å². The minimum absolute atomic E-state index is 0.106. The van der Waals surface area contributed by atoms with Gasteiger partial charge in [-0.15, -0.1) is 0 Å². The number of amides is 1. The van der Waals surface area contributed by atoms with Gasteiger partial charge in [-0.1, -0.05) is 6.92 Å². The summed E-state index contributed by atoms with van der Waals surface area (Å²) in [4.78, 5) is 11.9. The van der Waals surface area contributed by atoms with Gasteiger partial charge in [-0.3, -0.25) is 4.79 Å². The highest BCUT2D eigenvalue weighted by molar-refractivity contribution is 5.79. The molecule has 1 rings (SSSR count). The van der Waals surface area contributed by atoms with Gasteiger partial charge < -0.3 is 15.7 Å². The first-order valence-electron chi connectivity index (χ1n) is 5.75. The molecule has 1 aliphatic heterocycles. The molecule has 3 N–H and O–H groups in total. The molecule has 0 aromatic rings. The zero-order chi connectivity index (χ0) is 11.3. The lowest BCUT2D eigenvalue weighted by Gasteiger charge is -2.30. The van der Waals surface area contributed by atoms with Gasteiger partial charge in [-0.05, 0) is 32.7 Å². The summed E-state index contributed by atoms with van der Waals surface area (Å²) < 4.78 is 0. The Labute approximate surface area is 91.4 Å². The van der Waals surface area contributed by atoms with E-state index < -0.39 is 0 Å². The van der Waals surface area contributed by atoms with E-state index in [0.29, 0.717) is 6.42 Å². The normalized spacial score (nSPS) is 24.9. The third-order valence-corrected chi connectivity index (χ3v) is 3.30. The quantitative estimate of drug-likeness (QED) is 0.615. The van der Waals surface area contributed by atoms with E-state index in [9.17, 15) is 4.79 Å². The van der Waals surface area contributed by atoms with Gasteiger partial charge in [0.25, 0.3) is 0 Å². The van der Waals surface area contributed by atoms with Crippen molar-refractivity contribution >= 4 is 5.91 Å². The minimum atomic E-state index is -0.256. The lowest BCUT2D eigenvalue weighted by molar-refractivity contribution is -0.126. The van der Waals surface area contributed by atoms with Gasteiger partial charge in [0.1, 0.15) is 0 Å². The number of aliphatic hydroxyl groups excluding tert-OH is 1. The number of hydrogen-bond donors (Lipinski definition) is 3. The molecule has 88 valence electrons. The zero-order valence-electron chi connectivity index (χ0n) is 9.68. The van der Waals surface area contributed by atoms with E-state index in [4.69, 9.17) is 5.11 Å². The second-order valence-electron chi connectivity index (χ2n) is 4.57. The molecule has 1 saturated heterocycles. The number of hydrogen-bond acceptors (Lipinski definition) is 3. The maximum atomic E-state index is 11.9. The van der Waals surface area contributed by atoms with Gasteiger partial charge in [0.15, 0.2) is 0 Å². The molecule has 4 heteroatoms. The van der Waals surface area contributed by atoms with Crippen LogP contribution in [-0.4, -0.2) is 36.2 Å². The molecule has 1 aliphatic rings. The van der Waals surface area contributed by atoms with Gasteiger partial charge >= 0.3 is 0 Å². The molecule has 0 spiro atoms. The first-order chi connectivity index (χ1) is 7.11. The van der Waals surface area contributed by atoms with Crippen LogP contribution in [-0.2, 0) is 4.79 Å². The topological polar surface area (TPSA) is 61.4 Å². The Morgan fingerprint density at radius 1 is 1.67 bits per heavy atom. The summed E-state index contributed by atoms with van der Waals surface area (Å²) in [5.74, 6) is 0.229. The summed E-state index contributed by atoms with van der Waals surface area (Å²) in [7, 11) is 0. The van der Waals surface area contributed by atoms with Crippen LogP contribution in [0.4, 0.5) is 0 Å². The Morgan fingerprint density at radius 3 is 2.87 bits per heavy atom. The molecule has 0 radical (unpaired) electrons. The number of carbonyl (C=O) groups excluding carboxylic acids is 1. The highest BCUT2D eigenvalue weighted by atomic mass is 16.3. The smallest absolute Gasteiger partial charge is 0.224 e. The fourth-order valence-electron chi connectivity index (χ4n) is 1.85. The van der Waals surface area contributed by atoms with Crippen LogP contribution in [0.1, 0.15) is 33.1 Å². The molecule has 0 aromatic carbocycles. The first kappa shape index (κ1) is 12.5. The van der Waals surface area contributed by atoms with Crippen LogP contribution in [0.2, 0.25) is 0 Å². The Balaban J connectivity index is 2.46. The fraction of sp³-hybridized carbons (Fsp3) is 0.909. The average molecular weight is 214 g/mol. The molecule has 15 heavy (non-hydrogen) atoms. The standard InChI is InChI=1S/C11H22N2O2/c1-3-11(2,5-7-14)13-10(15)9-4-6-12-8-9/h9,12,14H,3-8H2,1-2H3,(H,13,15). The van der Waals surface area contributed by atoms with Crippen molar-refractivity contribution in [1.29, 1.82) is 0 Å². The predicted molar refractivity (Wildman–Crippen MR) is 59.5 cm³/mol. The Bertz CT molecular complexity index is 215. The molecule has 0 bridgehead atoms. The molecular formula is C11H22N2O2. The monoisotopic (exact) mass is 214 g/mol. The van der Waals surface area contributed by atoms with E-state index in [1.165, 1.54) is 0 Å². The van der Waals surface area contributed by atoms with Crippen LogP contribution in [0, 0.1) is 5.92 Å². The summed E-state index contributed by atoms with van der Waals surface area (Å²) in [6, 6.07) is 0. The maximum Gasteiger partial charge on any atom is 0.224 e. The van der Waals surface area contributed by atoms with E-state index in [2.05, 4.69) is 10.6 Å². The van der Waals surface area contributed by atoms with Crippen LogP contribution in [0.25, 0.3) is 0 Å². The second kappa shape index (κ2) is 5.47. The minimum Gasteiger partial charge on any atom is -0.396 e. The summed E-state index contributed by atoms with van der Waals surface area (Å²) >= 11 is 0. The summed E-state index contributed by atoms with van der Waals surface area (Å²) in [6.45, 7) is 5.85. The van der Waals surface area contributed by atoms with Crippen molar-refractivity contribution in [3.05, 3.63) is 0 Å². The van der Waals surface area contributed by atoms with Crippen LogP contribution in [0.15, 0.2) is 0 Å². The highest BCUT2D eigenvalue weighted by Crippen LogP contribution is 2.16. The van der Waals surface area contributed by atoms with E-state index in [1.807, 2.05) is 13.8 Å². The fourth-order valence-corrected chi connectivity index (χ4v) is 1.85. The molecular weight excluding hydrogens is 192 g/mol. The van der Waals surface area contributed by atoms with E-state index in [1.54, 1.807) is 0 Å². The summed E-state index contributed by atoms with van der Waals surface area (Å²) in [5, 5.41) is 15.2. The molecule has 1 heterocycles. The molecule has 1 fully saturated rings. The molecule has 0 saturated carbocycles. The maximum absolute atomic E-state index is 11.9. The number of rotatable bonds is 5. The van der Waals surface area contributed by atoms with Crippen molar-refractivity contribution in [2.24, 2.45) is 5.92 Å². The molecule has 0 aliphatic carbocycles. The van der Waals surface area contributed by atoms with Crippen LogP contribution < -0.4 is 10.6 Å². The lowest BCUT2D eigenvalue weighted by Crippen LogP contribution is -2.48. The van der Waals surface area contributed by atoms with Crippen molar-refractivity contribution in [1.82, 2.24) is 10.6 Å². The first-order valence-corrected chi connectivity index (χ1v) is 5.75. The van der Waals surface area contributed by atoms with Crippen molar-refractivity contribution in [3.8, 4) is 0 Å². The highest BCUT2D eigenvalue weighted by Gasteiger charge is 2.29. The van der Waals surface area contributed by atoms with Crippen LogP contribution >= 0.6 is 0 Å². The second-order valence-corrected chi connectivity index (χ2v) is 4.57. The SMILES string of the molecule is CCC(C)(CCO)NC(=O)C1CCNC1. The number of carbonyl (C=O) groups is 1. The van der Waals surface area contributed by atoms with E-state index in [0.717, 1.165) is 25.9 Å². The van der Waals surface area contributed by atoms with Gasteiger partial charge in [0.2, 0.25) is 5.91 Å². The van der Waals surface area contributed by atoms with Crippen molar-refractivity contribution in [3.63, 3.8) is 0 Å². The van der Waals surface area contributed by atoms with Gasteiger partial charge in [-0.2, -0.15) is 0 Å². The van der Waals surface area contributed by atoms with Crippen LogP contribution in [0.5, 0.6) is 0 Å². The Hall–Kier alpha value is -0.610. The largest absolute Gasteiger partial charge is 0.396 e. The molecule has 4 nitrogen and oxygen atoms in total. The van der Waals surface area contributed by atoms with E-state index >= 15 is 0 Å². The molecule has 2 atom stereocenters.